The maximum atomic E-state index is 11.4. The lowest BCUT2D eigenvalue weighted by molar-refractivity contribution is -0.114. The number of benzene rings is 1. The van der Waals surface area contributed by atoms with Crippen molar-refractivity contribution >= 4 is 34.8 Å². The molecular formula is C24H34N8O. The average Bonchev–Trinajstić information content (AvgIpc) is 3.18. The molecule has 3 aromatic rings. The van der Waals surface area contributed by atoms with Crippen molar-refractivity contribution in [1.29, 1.82) is 0 Å². The molecule has 0 bridgehead atoms. The minimum atomic E-state index is -0.110. The van der Waals surface area contributed by atoms with Crippen molar-refractivity contribution in [3.8, 4) is 0 Å². The van der Waals surface area contributed by atoms with Gasteiger partial charge in [0.25, 0.3) is 0 Å². The molecule has 1 aliphatic rings. The minimum Gasteiger partial charge on any atom is -0.351 e. The van der Waals surface area contributed by atoms with Gasteiger partial charge in [0.05, 0.1) is 6.20 Å². The summed E-state index contributed by atoms with van der Waals surface area (Å²) in [6.45, 7) is 5.77. The summed E-state index contributed by atoms with van der Waals surface area (Å²) in [7, 11) is 4.31. The lowest BCUT2D eigenvalue weighted by Gasteiger charge is -2.33. The first-order valence-electron chi connectivity index (χ1n) is 11.6. The Labute approximate surface area is 195 Å². The first kappa shape index (κ1) is 23.0. The third-order valence-electron chi connectivity index (χ3n) is 6.22. The van der Waals surface area contributed by atoms with Gasteiger partial charge in [-0.3, -0.25) is 4.79 Å². The standard InChI is InChI=1S/C24H34N8O/c1-15(2)21-14-25-32-22(21)29-23(27-17-9-11-20(12-10-17)31(4)5)30-24(32)28-19-8-6-7-18(13-19)26-16(3)33/h6-8,13-15,17,20H,9-12H2,1-5H3,(H,26,33)(H2,27,28,29,30)/t17-,20-. The van der Waals surface area contributed by atoms with Crippen LogP contribution in [-0.4, -0.2) is 56.6 Å². The Morgan fingerprint density at radius 1 is 1.12 bits per heavy atom. The molecule has 0 aliphatic heterocycles. The van der Waals surface area contributed by atoms with E-state index >= 15 is 0 Å². The molecule has 0 atom stereocenters. The van der Waals surface area contributed by atoms with Crippen LogP contribution in [0.4, 0.5) is 23.3 Å². The van der Waals surface area contributed by atoms with E-state index in [1.807, 2.05) is 30.5 Å². The zero-order valence-corrected chi connectivity index (χ0v) is 20.1. The van der Waals surface area contributed by atoms with E-state index in [1.165, 1.54) is 6.92 Å². The van der Waals surface area contributed by atoms with Gasteiger partial charge in [-0.15, -0.1) is 0 Å². The lowest BCUT2D eigenvalue weighted by Crippen LogP contribution is -2.36. The molecule has 9 heteroatoms. The third kappa shape index (κ3) is 5.42. The molecule has 1 saturated carbocycles. The number of nitrogens with zero attached hydrogens (tertiary/aromatic N) is 5. The molecule has 9 nitrogen and oxygen atoms in total. The first-order valence-corrected chi connectivity index (χ1v) is 11.6. The summed E-state index contributed by atoms with van der Waals surface area (Å²) in [6.07, 6.45) is 6.37. The predicted molar refractivity (Wildman–Crippen MR) is 132 cm³/mol. The summed E-state index contributed by atoms with van der Waals surface area (Å²) >= 11 is 0. The molecule has 33 heavy (non-hydrogen) atoms. The summed E-state index contributed by atoms with van der Waals surface area (Å²) in [5.74, 6) is 1.37. The van der Waals surface area contributed by atoms with Crippen LogP contribution in [0, 0.1) is 0 Å². The molecular weight excluding hydrogens is 416 g/mol. The molecule has 176 valence electrons. The van der Waals surface area contributed by atoms with Gasteiger partial charge in [-0.05, 0) is 63.9 Å². The number of rotatable bonds is 7. The lowest BCUT2D eigenvalue weighted by atomic mass is 9.91. The van der Waals surface area contributed by atoms with Gasteiger partial charge in [-0.1, -0.05) is 19.9 Å². The van der Waals surface area contributed by atoms with Gasteiger partial charge in [0, 0.05) is 35.9 Å². The van der Waals surface area contributed by atoms with E-state index in [1.54, 1.807) is 4.52 Å². The Hall–Kier alpha value is -3.20. The van der Waals surface area contributed by atoms with Crippen LogP contribution in [0.25, 0.3) is 5.65 Å². The maximum Gasteiger partial charge on any atom is 0.233 e. The quantitative estimate of drug-likeness (QED) is 0.495. The molecule has 2 heterocycles. The van der Waals surface area contributed by atoms with Crippen LogP contribution in [0.2, 0.25) is 0 Å². The number of hydrogen-bond donors (Lipinski definition) is 3. The topological polar surface area (TPSA) is 99.5 Å². The Bertz CT molecular complexity index is 1110. The second-order valence-corrected chi connectivity index (χ2v) is 9.36. The van der Waals surface area contributed by atoms with Crippen LogP contribution >= 0.6 is 0 Å². The number of nitrogens with one attached hydrogen (secondary N) is 3. The molecule has 4 rings (SSSR count). The second kappa shape index (κ2) is 9.74. The highest BCUT2D eigenvalue weighted by Crippen LogP contribution is 2.27. The van der Waals surface area contributed by atoms with Gasteiger partial charge >= 0.3 is 0 Å². The monoisotopic (exact) mass is 450 g/mol. The van der Waals surface area contributed by atoms with Gasteiger partial charge in [-0.2, -0.15) is 19.6 Å². The van der Waals surface area contributed by atoms with Crippen molar-refractivity contribution in [2.24, 2.45) is 0 Å². The van der Waals surface area contributed by atoms with Crippen molar-refractivity contribution in [2.45, 2.75) is 64.5 Å². The Morgan fingerprint density at radius 3 is 2.52 bits per heavy atom. The van der Waals surface area contributed by atoms with Crippen LogP contribution in [0.5, 0.6) is 0 Å². The minimum absolute atomic E-state index is 0.110. The largest absolute Gasteiger partial charge is 0.351 e. The number of fused-ring (bicyclic) bond motifs is 1. The summed E-state index contributed by atoms with van der Waals surface area (Å²) < 4.78 is 1.74. The summed E-state index contributed by atoms with van der Waals surface area (Å²) in [6, 6.07) is 8.53. The molecule has 0 saturated heterocycles. The number of aromatic nitrogens is 4. The molecule has 1 aliphatic carbocycles. The Kier molecular flexibility index (Phi) is 6.78. The van der Waals surface area contributed by atoms with Gasteiger partial charge < -0.3 is 20.9 Å². The number of carbonyl (C=O) groups is 1. The highest BCUT2D eigenvalue weighted by atomic mass is 16.1. The Morgan fingerprint density at radius 2 is 1.85 bits per heavy atom. The average molecular weight is 451 g/mol. The van der Waals surface area contributed by atoms with Gasteiger partial charge in [0.2, 0.25) is 17.8 Å². The smallest absolute Gasteiger partial charge is 0.233 e. The van der Waals surface area contributed by atoms with Crippen molar-refractivity contribution in [3.05, 3.63) is 36.0 Å². The van der Waals surface area contributed by atoms with E-state index in [0.717, 1.165) is 48.3 Å². The Balaban J connectivity index is 1.62. The summed E-state index contributed by atoms with van der Waals surface area (Å²) in [5, 5.41) is 14.3. The highest BCUT2D eigenvalue weighted by Gasteiger charge is 2.24. The van der Waals surface area contributed by atoms with Crippen molar-refractivity contribution in [3.63, 3.8) is 0 Å². The fraction of sp³-hybridized carbons (Fsp3) is 0.500. The third-order valence-corrected chi connectivity index (χ3v) is 6.22. The first-order chi connectivity index (χ1) is 15.8. The van der Waals surface area contributed by atoms with Gasteiger partial charge in [-0.25, -0.2) is 0 Å². The van der Waals surface area contributed by atoms with E-state index in [4.69, 9.17) is 9.97 Å². The predicted octanol–water partition coefficient (Wildman–Crippen LogP) is 4.23. The number of hydrogen-bond acceptors (Lipinski definition) is 7. The van der Waals surface area contributed by atoms with Gasteiger partial charge in [0.15, 0.2) is 5.65 Å². The fourth-order valence-corrected chi connectivity index (χ4v) is 4.37. The van der Waals surface area contributed by atoms with Crippen LogP contribution in [0.3, 0.4) is 0 Å². The van der Waals surface area contributed by atoms with E-state index < -0.39 is 0 Å². The number of amides is 1. The van der Waals surface area contributed by atoms with Crippen LogP contribution < -0.4 is 16.0 Å². The molecule has 1 amide bonds. The van der Waals surface area contributed by atoms with Crippen molar-refractivity contribution in [1.82, 2.24) is 24.5 Å². The van der Waals surface area contributed by atoms with Crippen LogP contribution in [0.15, 0.2) is 30.5 Å². The molecule has 2 aromatic heterocycles. The molecule has 0 spiro atoms. The van der Waals surface area contributed by atoms with E-state index in [9.17, 15) is 4.79 Å². The molecule has 0 radical (unpaired) electrons. The van der Waals surface area contributed by atoms with Crippen LogP contribution in [0.1, 0.15) is 57.9 Å². The van der Waals surface area contributed by atoms with Crippen molar-refractivity contribution in [2.75, 3.05) is 30.0 Å². The zero-order valence-electron chi connectivity index (χ0n) is 20.1. The zero-order chi connectivity index (χ0) is 23.5. The fourth-order valence-electron chi connectivity index (χ4n) is 4.37. The van der Waals surface area contributed by atoms with Crippen molar-refractivity contribution < 1.29 is 4.79 Å². The second-order valence-electron chi connectivity index (χ2n) is 9.36. The summed E-state index contributed by atoms with van der Waals surface area (Å²) in [5.41, 5.74) is 3.40. The SMILES string of the molecule is CC(=O)Nc1cccc(Nc2nc(N[C@H]3CC[C@H](N(C)C)CC3)nc3c(C(C)C)cnn23)c1. The van der Waals surface area contributed by atoms with E-state index in [0.29, 0.717) is 24.0 Å². The maximum absolute atomic E-state index is 11.4. The molecule has 3 N–H and O–H groups in total. The molecule has 1 aromatic carbocycles. The number of anilines is 4. The van der Waals surface area contributed by atoms with Gasteiger partial charge in [0.1, 0.15) is 0 Å². The normalized spacial score (nSPS) is 18.6. The molecule has 1 fully saturated rings. The van der Waals surface area contributed by atoms with E-state index in [-0.39, 0.29) is 11.8 Å². The van der Waals surface area contributed by atoms with E-state index in [2.05, 4.69) is 53.9 Å². The molecule has 0 unspecified atom stereocenters. The summed E-state index contributed by atoms with van der Waals surface area (Å²) in [4.78, 5) is 23.4. The number of carbonyl (C=O) groups excluding carboxylic acids is 1. The van der Waals surface area contributed by atoms with Crippen LogP contribution in [-0.2, 0) is 4.79 Å². The highest BCUT2D eigenvalue weighted by molar-refractivity contribution is 5.89.